The predicted molar refractivity (Wildman–Crippen MR) is 96.6 cm³/mol. The molecule has 4 heterocycles. The van der Waals surface area contributed by atoms with E-state index in [0.717, 1.165) is 16.7 Å². The Morgan fingerprint density at radius 3 is 3.15 bits per heavy atom. The van der Waals surface area contributed by atoms with Gasteiger partial charge in [0.25, 0.3) is 5.91 Å². The van der Waals surface area contributed by atoms with Gasteiger partial charge in [0, 0.05) is 24.5 Å². The second kappa shape index (κ2) is 6.04. The fraction of sp³-hybridized carbons (Fsp3) is 0.222. The van der Waals surface area contributed by atoms with Crippen LogP contribution in [0.25, 0.3) is 22.0 Å². The number of amides is 1. The molecule has 0 spiro atoms. The number of pyridine rings is 1. The minimum atomic E-state index is -0.972. The summed E-state index contributed by atoms with van der Waals surface area (Å²) in [5.41, 5.74) is 2.94. The molecule has 1 saturated heterocycles. The zero-order chi connectivity index (χ0) is 18.4. The lowest BCUT2D eigenvalue weighted by Gasteiger charge is -2.12. The zero-order valence-electron chi connectivity index (χ0n) is 14.1. The first-order valence-electron chi connectivity index (χ1n) is 8.58. The molecule has 136 valence electrons. The molecule has 3 aromatic heterocycles. The minimum absolute atomic E-state index is 0.103. The van der Waals surface area contributed by atoms with Crippen LogP contribution < -0.4 is 5.32 Å². The fourth-order valence-electron chi connectivity index (χ4n) is 3.30. The van der Waals surface area contributed by atoms with Crippen molar-refractivity contribution in [1.82, 2.24) is 25.2 Å². The van der Waals surface area contributed by atoms with E-state index >= 15 is 0 Å². The number of carbonyl (C=O) groups excluding carboxylic acids is 1. The monoisotopic (exact) mass is 366 g/mol. The Morgan fingerprint density at radius 1 is 1.37 bits per heavy atom. The molecule has 1 fully saturated rings. The topological polar surface area (TPSA) is 99.9 Å². The largest absolute Gasteiger partial charge is 0.355 e. The van der Waals surface area contributed by atoms with Gasteiger partial charge in [0.15, 0.2) is 17.1 Å². The third-order valence-electron chi connectivity index (χ3n) is 4.68. The van der Waals surface area contributed by atoms with Crippen molar-refractivity contribution in [3.63, 3.8) is 0 Å². The van der Waals surface area contributed by atoms with Gasteiger partial charge in [0.05, 0.1) is 17.4 Å². The van der Waals surface area contributed by atoms with Crippen molar-refractivity contribution >= 4 is 39.4 Å². The highest BCUT2D eigenvalue weighted by molar-refractivity contribution is 6.04. The molecule has 1 aliphatic rings. The van der Waals surface area contributed by atoms with Crippen LogP contribution in [0.3, 0.4) is 0 Å². The van der Waals surface area contributed by atoms with Crippen molar-refractivity contribution in [1.29, 1.82) is 0 Å². The first kappa shape index (κ1) is 15.7. The molecule has 0 aliphatic carbocycles. The Bertz CT molecular complexity index is 1150. The quantitative estimate of drug-likeness (QED) is 0.578. The van der Waals surface area contributed by atoms with Crippen LogP contribution >= 0.6 is 0 Å². The lowest BCUT2D eigenvalue weighted by Crippen LogP contribution is -2.29. The van der Waals surface area contributed by atoms with Crippen LogP contribution in [0.15, 0.2) is 41.1 Å². The third-order valence-corrected chi connectivity index (χ3v) is 4.68. The van der Waals surface area contributed by atoms with Crippen molar-refractivity contribution in [2.45, 2.75) is 12.6 Å². The van der Waals surface area contributed by atoms with E-state index in [1.54, 1.807) is 18.3 Å². The predicted octanol–water partition coefficient (Wildman–Crippen LogP) is 3.03. The van der Waals surface area contributed by atoms with Gasteiger partial charge in [-0.1, -0.05) is 5.16 Å². The van der Waals surface area contributed by atoms with Gasteiger partial charge in [-0.05, 0) is 30.7 Å². The molecule has 1 amide bonds. The second-order valence-electron chi connectivity index (χ2n) is 6.48. The van der Waals surface area contributed by atoms with E-state index in [2.05, 4.69) is 25.7 Å². The van der Waals surface area contributed by atoms with Crippen LogP contribution in [-0.2, 0) is 0 Å². The number of benzene rings is 1. The number of fused-ring (bicyclic) bond motifs is 2. The molecule has 27 heavy (non-hydrogen) atoms. The van der Waals surface area contributed by atoms with E-state index in [1.807, 2.05) is 18.2 Å². The number of carbonyl (C=O) groups is 1. The van der Waals surface area contributed by atoms with Crippen LogP contribution in [0.4, 0.5) is 15.9 Å². The molecule has 1 atom stereocenters. The fourth-order valence-corrected chi connectivity index (χ4v) is 3.30. The Morgan fingerprint density at radius 2 is 2.30 bits per heavy atom. The number of likely N-dealkylation sites (tertiary alicyclic amines) is 1. The van der Waals surface area contributed by atoms with Gasteiger partial charge in [-0.3, -0.25) is 14.9 Å². The van der Waals surface area contributed by atoms with Crippen LogP contribution in [0, 0.1) is 0 Å². The number of aromatic amines is 1. The van der Waals surface area contributed by atoms with Crippen molar-refractivity contribution in [2.75, 3.05) is 18.4 Å². The molecule has 9 heteroatoms. The second-order valence-corrected chi connectivity index (χ2v) is 6.48. The van der Waals surface area contributed by atoms with Crippen LogP contribution in [0.2, 0.25) is 0 Å². The summed E-state index contributed by atoms with van der Waals surface area (Å²) in [7, 11) is 0. The summed E-state index contributed by atoms with van der Waals surface area (Å²) in [6.45, 7) is 0.499. The molecule has 1 aromatic carbocycles. The maximum absolute atomic E-state index is 13.4. The van der Waals surface area contributed by atoms with E-state index in [0.29, 0.717) is 29.8 Å². The third kappa shape index (κ3) is 2.67. The standard InChI is InChI=1S/C18H15FN6O2/c19-10-5-7-25(9-10)18(26)15-12-4-3-11(8-14(12)27-24-15)21-17-16-13(22-23-17)2-1-6-20-16/h1-4,6,8,10H,5,7,9H2,(H2,21,22,23)/t10-/m0/s1. The number of nitrogens with zero attached hydrogens (tertiary/aromatic N) is 4. The SMILES string of the molecule is O=C(c1noc2cc(Nc3n[nH]c4cccnc34)ccc12)N1CC[C@H](F)C1. The van der Waals surface area contributed by atoms with Gasteiger partial charge in [-0.15, -0.1) is 0 Å². The van der Waals surface area contributed by atoms with Crippen LogP contribution in [0.1, 0.15) is 16.9 Å². The normalized spacial score (nSPS) is 17.1. The molecule has 0 radical (unpaired) electrons. The number of nitrogens with one attached hydrogen (secondary N) is 2. The number of halogens is 1. The number of rotatable bonds is 3. The smallest absolute Gasteiger partial charge is 0.276 e. The Hall–Kier alpha value is -3.49. The van der Waals surface area contributed by atoms with Crippen LogP contribution in [0.5, 0.6) is 0 Å². The molecular weight excluding hydrogens is 351 g/mol. The van der Waals surface area contributed by atoms with Crippen molar-refractivity contribution in [3.8, 4) is 0 Å². The number of hydrogen-bond donors (Lipinski definition) is 2. The number of alkyl halides is 1. The maximum Gasteiger partial charge on any atom is 0.276 e. The molecule has 4 aromatic rings. The summed E-state index contributed by atoms with van der Waals surface area (Å²) >= 11 is 0. The summed E-state index contributed by atoms with van der Waals surface area (Å²) in [6, 6.07) is 9.02. The molecule has 0 bridgehead atoms. The summed E-state index contributed by atoms with van der Waals surface area (Å²) in [5, 5.41) is 14.8. The highest BCUT2D eigenvalue weighted by atomic mass is 19.1. The van der Waals surface area contributed by atoms with Gasteiger partial charge >= 0.3 is 0 Å². The van der Waals surface area contributed by atoms with E-state index in [1.165, 1.54) is 4.90 Å². The minimum Gasteiger partial charge on any atom is -0.355 e. The van der Waals surface area contributed by atoms with Gasteiger partial charge in [0.2, 0.25) is 0 Å². The van der Waals surface area contributed by atoms with Crippen molar-refractivity contribution in [3.05, 3.63) is 42.2 Å². The molecule has 0 unspecified atom stereocenters. The van der Waals surface area contributed by atoms with E-state index in [9.17, 15) is 9.18 Å². The number of anilines is 2. The Labute approximate surface area is 152 Å². The van der Waals surface area contributed by atoms with Gasteiger partial charge in [-0.2, -0.15) is 5.10 Å². The van der Waals surface area contributed by atoms with Crippen molar-refractivity contribution < 1.29 is 13.7 Å². The van der Waals surface area contributed by atoms with E-state index in [-0.39, 0.29) is 18.1 Å². The lowest BCUT2D eigenvalue weighted by atomic mass is 10.2. The Balaban J connectivity index is 1.44. The average molecular weight is 366 g/mol. The first-order chi connectivity index (χ1) is 13.2. The van der Waals surface area contributed by atoms with E-state index < -0.39 is 6.17 Å². The van der Waals surface area contributed by atoms with Crippen molar-refractivity contribution in [2.24, 2.45) is 0 Å². The Kier molecular flexibility index (Phi) is 3.52. The molecule has 1 aliphatic heterocycles. The number of hydrogen-bond acceptors (Lipinski definition) is 6. The molecule has 0 saturated carbocycles. The van der Waals surface area contributed by atoms with Gasteiger partial charge < -0.3 is 14.7 Å². The zero-order valence-corrected chi connectivity index (χ0v) is 14.1. The number of H-pyrrole nitrogens is 1. The van der Waals surface area contributed by atoms with Gasteiger partial charge in [0.1, 0.15) is 11.7 Å². The summed E-state index contributed by atoms with van der Waals surface area (Å²) < 4.78 is 18.7. The highest BCUT2D eigenvalue weighted by Crippen LogP contribution is 2.27. The lowest BCUT2D eigenvalue weighted by molar-refractivity contribution is 0.0774. The average Bonchev–Trinajstić information content (AvgIpc) is 3.40. The highest BCUT2D eigenvalue weighted by Gasteiger charge is 2.29. The number of aromatic nitrogens is 4. The first-order valence-corrected chi connectivity index (χ1v) is 8.58. The van der Waals surface area contributed by atoms with Crippen LogP contribution in [-0.4, -0.2) is 50.4 Å². The maximum atomic E-state index is 13.4. The van der Waals surface area contributed by atoms with E-state index in [4.69, 9.17) is 4.52 Å². The summed E-state index contributed by atoms with van der Waals surface area (Å²) in [4.78, 5) is 18.3. The van der Waals surface area contributed by atoms with Gasteiger partial charge in [-0.25, -0.2) is 4.39 Å². The molecule has 2 N–H and O–H groups in total. The summed E-state index contributed by atoms with van der Waals surface area (Å²) in [6.07, 6.45) is 1.09. The summed E-state index contributed by atoms with van der Waals surface area (Å²) in [5.74, 6) is 0.281. The molecule has 8 nitrogen and oxygen atoms in total. The molecular formula is C18H15FN6O2. The molecule has 5 rings (SSSR count).